The molecular weight excluding hydrogens is 545 g/mol. The first-order chi connectivity index (χ1) is 18.6. The summed E-state index contributed by atoms with van der Waals surface area (Å²) in [6.07, 6.45) is -0.287. The minimum atomic E-state index is -4.70. The smallest absolute Gasteiger partial charge is 0.402 e. The number of benzene rings is 2. The first-order valence-corrected chi connectivity index (χ1v) is 13.4. The summed E-state index contributed by atoms with van der Waals surface area (Å²) in [7, 11) is 0. The number of nitrogens with zero attached hydrogens (tertiary/aromatic N) is 3. The molecule has 2 N–H and O–H groups in total. The zero-order chi connectivity index (χ0) is 29.3. The number of aromatic nitrogens is 3. The lowest BCUT2D eigenvalue weighted by Gasteiger charge is -2.34. The molecule has 0 spiro atoms. The van der Waals surface area contributed by atoms with Crippen molar-refractivity contribution in [3.63, 3.8) is 0 Å². The van der Waals surface area contributed by atoms with Crippen LogP contribution in [-0.4, -0.2) is 38.2 Å². The summed E-state index contributed by atoms with van der Waals surface area (Å²) in [5.41, 5.74) is -0.791. The number of ether oxygens (including phenoxy) is 1. The Balaban J connectivity index is 1.50. The fourth-order valence-corrected chi connectivity index (χ4v) is 4.57. The third-order valence-corrected chi connectivity index (χ3v) is 7.66. The SMILES string of the molecule is CC1(C)CCC(Oc2ccc(-c3nc(O)nc(-c4cc(CNC(=O)C(C)(C)C(F)(F)F)ccc4Cl)n3)cc2)CC1. The lowest BCUT2D eigenvalue weighted by Crippen LogP contribution is -2.46. The van der Waals surface area contributed by atoms with E-state index in [0.29, 0.717) is 22.1 Å². The summed E-state index contributed by atoms with van der Waals surface area (Å²) in [4.78, 5) is 24.7. The minimum Gasteiger partial charge on any atom is -0.490 e. The van der Waals surface area contributed by atoms with E-state index in [1.165, 1.54) is 6.07 Å². The summed E-state index contributed by atoms with van der Waals surface area (Å²) >= 11 is 6.37. The fourth-order valence-electron chi connectivity index (χ4n) is 4.37. The van der Waals surface area contributed by atoms with Gasteiger partial charge < -0.3 is 15.2 Å². The van der Waals surface area contributed by atoms with Gasteiger partial charge in [0.1, 0.15) is 11.2 Å². The number of rotatable bonds is 7. The molecule has 1 amide bonds. The highest BCUT2D eigenvalue weighted by atomic mass is 35.5. The molecule has 3 aromatic rings. The van der Waals surface area contributed by atoms with Crippen LogP contribution >= 0.6 is 11.6 Å². The molecule has 0 saturated heterocycles. The van der Waals surface area contributed by atoms with Gasteiger partial charge in [-0.2, -0.15) is 23.1 Å². The number of alkyl halides is 3. The lowest BCUT2D eigenvalue weighted by molar-refractivity contribution is -0.211. The number of hydrogen-bond donors (Lipinski definition) is 2. The molecule has 0 radical (unpaired) electrons. The van der Waals surface area contributed by atoms with Gasteiger partial charge in [-0.1, -0.05) is 31.5 Å². The van der Waals surface area contributed by atoms with Gasteiger partial charge in [0, 0.05) is 17.7 Å². The molecule has 0 unspecified atom stereocenters. The van der Waals surface area contributed by atoms with Gasteiger partial charge in [0.2, 0.25) is 5.91 Å². The standard InChI is InChI=1S/C29H32ClF3N4O3/c1-27(2)13-11-20(12-14-27)40-19-8-6-18(7-9-19)23-35-24(37-26(39)36-23)21-15-17(5-10-22(21)30)16-34-25(38)28(3,4)29(31,32)33/h5-10,15,20H,11-14,16H2,1-4H3,(H,34,38)(H,35,36,37,39). The molecule has 0 bridgehead atoms. The molecule has 214 valence electrons. The predicted molar refractivity (Wildman–Crippen MR) is 146 cm³/mol. The zero-order valence-corrected chi connectivity index (χ0v) is 23.5. The van der Waals surface area contributed by atoms with Crippen molar-refractivity contribution in [1.82, 2.24) is 20.3 Å². The van der Waals surface area contributed by atoms with Crippen molar-refractivity contribution in [2.24, 2.45) is 10.8 Å². The Morgan fingerprint density at radius 1 is 1.05 bits per heavy atom. The van der Waals surface area contributed by atoms with Crippen molar-refractivity contribution in [1.29, 1.82) is 0 Å². The van der Waals surface area contributed by atoms with E-state index in [0.717, 1.165) is 45.3 Å². The van der Waals surface area contributed by atoms with Crippen molar-refractivity contribution < 1.29 is 27.8 Å². The van der Waals surface area contributed by atoms with Gasteiger partial charge in [-0.25, -0.2) is 4.98 Å². The van der Waals surface area contributed by atoms with Crippen molar-refractivity contribution >= 4 is 17.5 Å². The third kappa shape index (κ3) is 6.83. The first-order valence-electron chi connectivity index (χ1n) is 13.0. The molecule has 1 heterocycles. The Hall–Kier alpha value is -3.40. The van der Waals surface area contributed by atoms with E-state index in [4.69, 9.17) is 16.3 Å². The van der Waals surface area contributed by atoms with Gasteiger partial charge in [-0.05, 0) is 86.9 Å². The molecule has 11 heteroatoms. The summed E-state index contributed by atoms with van der Waals surface area (Å²) < 4.78 is 45.7. The average molecular weight is 577 g/mol. The second-order valence-electron chi connectivity index (χ2n) is 11.4. The molecule has 1 saturated carbocycles. The Labute approximate surface area is 236 Å². The Kier molecular flexibility index (Phi) is 8.31. The van der Waals surface area contributed by atoms with Crippen LogP contribution in [0.4, 0.5) is 13.2 Å². The Morgan fingerprint density at radius 3 is 2.30 bits per heavy atom. The number of nitrogens with one attached hydrogen (secondary N) is 1. The molecule has 1 fully saturated rings. The molecule has 0 aliphatic heterocycles. The number of amides is 1. The maximum Gasteiger partial charge on any atom is 0.402 e. The number of halogens is 4. The van der Waals surface area contributed by atoms with Crippen LogP contribution in [0.2, 0.25) is 5.02 Å². The second kappa shape index (κ2) is 11.2. The van der Waals surface area contributed by atoms with E-state index in [1.54, 1.807) is 24.3 Å². The van der Waals surface area contributed by atoms with Crippen molar-refractivity contribution in [2.75, 3.05) is 0 Å². The molecule has 0 atom stereocenters. The van der Waals surface area contributed by atoms with E-state index in [9.17, 15) is 23.1 Å². The molecule has 1 aliphatic rings. The van der Waals surface area contributed by atoms with E-state index in [-0.39, 0.29) is 29.3 Å². The zero-order valence-electron chi connectivity index (χ0n) is 22.8. The lowest BCUT2D eigenvalue weighted by atomic mass is 9.76. The molecular formula is C29H32ClF3N4O3. The van der Waals surface area contributed by atoms with E-state index in [2.05, 4.69) is 34.1 Å². The van der Waals surface area contributed by atoms with Gasteiger partial charge in [-0.15, -0.1) is 0 Å². The highest BCUT2D eigenvalue weighted by Gasteiger charge is 2.52. The highest BCUT2D eigenvalue weighted by Crippen LogP contribution is 2.38. The van der Waals surface area contributed by atoms with Gasteiger partial charge in [0.25, 0.3) is 0 Å². The monoisotopic (exact) mass is 576 g/mol. The highest BCUT2D eigenvalue weighted by molar-refractivity contribution is 6.33. The minimum absolute atomic E-state index is 0.0708. The molecule has 2 aromatic carbocycles. The van der Waals surface area contributed by atoms with Crippen LogP contribution in [0.1, 0.15) is 58.9 Å². The maximum atomic E-state index is 13.2. The second-order valence-corrected chi connectivity index (χ2v) is 11.8. The van der Waals surface area contributed by atoms with Crippen LogP contribution < -0.4 is 10.1 Å². The van der Waals surface area contributed by atoms with Crippen LogP contribution in [0, 0.1) is 10.8 Å². The molecule has 1 aliphatic carbocycles. The normalized spacial score (nSPS) is 16.0. The molecule has 1 aromatic heterocycles. The maximum absolute atomic E-state index is 13.2. The number of hydrogen-bond acceptors (Lipinski definition) is 6. The van der Waals surface area contributed by atoms with Crippen LogP contribution in [-0.2, 0) is 11.3 Å². The molecule has 7 nitrogen and oxygen atoms in total. The molecule has 40 heavy (non-hydrogen) atoms. The van der Waals surface area contributed by atoms with Crippen LogP contribution in [0.15, 0.2) is 42.5 Å². The van der Waals surface area contributed by atoms with Gasteiger partial charge in [0.15, 0.2) is 11.6 Å². The Morgan fingerprint density at radius 2 is 1.68 bits per heavy atom. The number of carbonyl (C=O) groups is 1. The summed E-state index contributed by atoms with van der Waals surface area (Å²) in [6, 6.07) is 11.3. The van der Waals surface area contributed by atoms with Crippen molar-refractivity contribution in [3.8, 4) is 34.5 Å². The van der Waals surface area contributed by atoms with E-state index >= 15 is 0 Å². The number of carbonyl (C=O) groups excluding carboxylic acids is 1. The predicted octanol–water partition coefficient (Wildman–Crippen LogP) is 7.12. The Bertz CT molecular complexity index is 1370. The van der Waals surface area contributed by atoms with E-state index < -0.39 is 23.5 Å². The quantitative estimate of drug-likeness (QED) is 0.311. The van der Waals surface area contributed by atoms with Gasteiger partial charge >= 0.3 is 12.2 Å². The summed E-state index contributed by atoms with van der Waals surface area (Å²) in [5.74, 6) is -0.147. The topological polar surface area (TPSA) is 97.2 Å². The van der Waals surface area contributed by atoms with E-state index in [1.807, 2.05) is 12.1 Å². The average Bonchev–Trinajstić information content (AvgIpc) is 2.88. The first kappa shape index (κ1) is 29.6. The van der Waals surface area contributed by atoms with Crippen molar-refractivity contribution in [2.45, 2.75) is 72.2 Å². The number of aromatic hydroxyl groups is 1. The largest absolute Gasteiger partial charge is 0.490 e. The van der Waals surface area contributed by atoms with Crippen LogP contribution in [0.5, 0.6) is 11.8 Å². The van der Waals surface area contributed by atoms with Crippen LogP contribution in [0.3, 0.4) is 0 Å². The van der Waals surface area contributed by atoms with Gasteiger partial charge in [0.05, 0.1) is 11.1 Å². The van der Waals surface area contributed by atoms with Gasteiger partial charge in [-0.3, -0.25) is 4.79 Å². The third-order valence-electron chi connectivity index (χ3n) is 7.33. The summed E-state index contributed by atoms with van der Waals surface area (Å²) in [5, 5.41) is 12.8. The van der Waals surface area contributed by atoms with Crippen LogP contribution in [0.25, 0.3) is 22.8 Å². The molecule has 4 rings (SSSR count). The fraction of sp³-hybridized carbons (Fsp3) is 0.448. The summed E-state index contributed by atoms with van der Waals surface area (Å²) in [6.45, 7) is 6.01. The van der Waals surface area contributed by atoms with Crippen molar-refractivity contribution in [3.05, 3.63) is 53.1 Å².